The van der Waals surface area contributed by atoms with Crippen molar-refractivity contribution in [2.75, 3.05) is 18.1 Å². The second-order valence-electron chi connectivity index (χ2n) is 2.00. The number of hydrogen-bond acceptors (Lipinski definition) is 4. The lowest BCUT2D eigenvalue weighted by Crippen LogP contribution is -2.01. The van der Waals surface area contributed by atoms with Crippen LogP contribution in [0, 0.1) is 6.92 Å². The third-order valence-corrected chi connectivity index (χ3v) is 1.16. The normalized spacial score (nSPS) is 8.33. The smallest absolute Gasteiger partial charge is 0.168 e. The molecule has 0 bridgehead atoms. The van der Waals surface area contributed by atoms with Crippen molar-refractivity contribution >= 4 is 11.6 Å². The molecule has 1 heterocycles. The van der Waals surface area contributed by atoms with Gasteiger partial charge in [0.25, 0.3) is 0 Å². The molecular formula is C8H16N4. The molecule has 0 aliphatic carbocycles. The maximum atomic E-state index is 5.50. The van der Waals surface area contributed by atoms with Crippen molar-refractivity contribution < 1.29 is 0 Å². The molecule has 1 aromatic heterocycles. The first-order valence-corrected chi connectivity index (χ1v) is 4.01. The number of aryl methyl sites for hydroxylation is 1. The minimum atomic E-state index is 0.447. The minimum Gasteiger partial charge on any atom is -0.381 e. The summed E-state index contributed by atoms with van der Waals surface area (Å²) in [5.74, 6) is 1.08. The van der Waals surface area contributed by atoms with E-state index in [2.05, 4.69) is 15.3 Å². The summed E-state index contributed by atoms with van der Waals surface area (Å²) in [6, 6.07) is 0. The molecule has 0 aliphatic rings. The van der Waals surface area contributed by atoms with Crippen LogP contribution in [0.25, 0.3) is 0 Å². The van der Waals surface area contributed by atoms with Crippen LogP contribution in [0.15, 0.2) is 6.20 Å². The van der Waals surface area contributed by atoms with Crippen molar-refractivity contribution in [3.05, 3.63) is 11.9 Å². The molecule has 3 N–H and O–H groups in total. The third-order valence-electron chi connectivity index (χ3n) is 1.16. The predicted molar refractivity (Wildman–Crippen MR) is 52.1 cm³/mol. The topological polar surface area (TPSA) is 63.8 Å². The highest BCUT2D eigenvalue weighted by molar-refractivity contribution is 5.54. The molecule has 0 unspecified atom stereocenters. The Morgan fingerprint density at radius 3 is 2.42 bits per heavy atom. The summed E-state index contributed by atoms with van der Waals surface area (Å²) >= 11 is 0. The van der Waals surface area contributed by atoms with Crippen molar-refractivity contribution in [3.8, 4) is 0 Å². The highest BCUT2D eigenvalue weighted by Crippen LogP contribution is 2.09. The number of anilines is 2. The van der Waals surface area contributed by atoms with Crippen LogP contribution in [0.2, 0.25) is 0 Å². The average Bonchev–Trinajstić information content (AvgIpc) is 2.08. The zero-order chi connectivity index (χ0) is 9.56. The molecular weight excluding hydrogens is 152 g/mol. The Bertz CT molecular complexity index is 234. The largest absolute Gasteiger partial charge is 0.381 e. The van der Waals surface area contributed by atoms with Crippen LogP contribution in [0.5, 0.6) is 0 Å². The maximum absolute atomic E-state index is 5.50. The Labute approximate surface area is 73.2 Å². The average molecular weight is 168 g/mol. The molecule has 0 aromatic carbocycles. The Kier molecular flexibility index (Phi) is 4.76. The van der Waals surface area contributed by atoms with Gasteiger partial charge in [-0.3, -0.25) is 0 Å². The van der Waals surface area contributed by atoms with Crippen molar-refractivity contribution in [1.29, 1.82) is 0 Å². The third kappa shape index (κ3) is 2.74. The SMILES string of the molecule is CC.CNc1ncc(C)nc1N. The van der Waals surface area contributed by atoms with Gasteiger partial charge in [0.1, 0.15) is 0 Å². The summed E-state index contributed by atoms with van der Waals surface area (Å²) in [5.41, 5.74) is 6.33. The van der Waals surface area contributed by atoms with E-state index in [0.717, 1.165) is 5.69 Å². The van der Waals surface area contributed by atoms with Gasteiger partial charge in [-0.15, -0.1) is 0 Å². The first kappa shape index (κ1) is 10.7. The number of nitrogens with zero attached hydrogens (tertiary/aromatic N) is 2. The number of nitrogens with one attached hydrogen (secondary N) is 1. The van der Waals surface area contributed by atoms with E-state index in [4.69, 9.17) is 5.73 Å². The molecule has 0 atom stereocenters. The lowest BCUT2D eigenvalue weighted by molar-refractivity contribution is 1.12. The fraction of sp³-hybridized carbons (Fsp3) is 0.500. The first-order valence-electron chi connectivity index (χ1n) is 4.01. The zero-order valence-corrected chi connectivity index (χ0v) is 8.05. The fourth-order valence-electron chi connectivity index (χ4n) is 0.689. The molecule has 4 heteroatoms. The first-order chi connectivity index (χ1) is 5.74. The molecule has 0 aliphatic heterocycles. The van der Waals surface area contributed by atoms with E-state index < -0.39 is 0 Å². The summed E-state index contributed by atoms with van der Waals surface area (Å²) in [7, 11) is 1.76. The van der Waals surface area contributed by atoms with Gasteiger partial charge in [-0.1, -0.05) is 13.8 Å². The molecule has 0 fully saturated rings. The van der Waals surface area contributed by atoms with Crippen LogP contribution in [0.4, 0.5) is 11.6 Å². The number of rotatable bonds is 1. The molecule has 1 aromatic rings. The predicted octanol–water partition coefficient (Wildman–Crippen LogP) is 1.44. The van der Waals surface area contributed by atoms with Gasteiger partial charge in [0.05, 0.1) is 11.9 Å². The molecule has 0 saturated carbocycles. The second-order valence-corrected chi connectivity index (χ2v) is 2.00. The van der Waals surface area contributed by atoms with E-state index in [1.807, 2.05) is 20.8 Å². The minimum absolute atomic E-state index is 0.447. The van der Waals surface area contributed by atoms with Gasteiger partial charge in [0.15, 0.2) is 11.6 Å². The van der Waals surface area contributed by atoms with E-state index in [9.17, 15) is 0 Å². The standard InChI is InChI=1S/C6H10N4.C2H6/c1-4-3-9-6(8-2)5(7)10-4;1-2/h3H,1-2H3,(H2,7,10)(H,8,9);1-2H3. The summed E-state index contributed by atoms with van der Waals surface area (Å²) in [4.78, 5) is 7.99. The van der Waals surface area contributed by atoms with Crippen LogP contribution >= 0.6 is 0 Å². The van der Waals surface area contributed by atoms with Crippen LogP contribution in [-0.2, 0) is 0 Å². The summed E-state index contributed by atoms with van der Waals surface area (Å²) < 4.78 is 0. The molecule has 0 radical (unpaired) electrons. The molecule has 0 spiro atoms. The van der Waals surface area contributed by atoms with E-state index in [-0.39, 0.29) is 0 Å². The van der Waals surface area contributed by atoms with Gasteiger partial charge in [0, 0.05) is 7.05 Å². The molecule has 1 rings (SSSR count). The van der Waals surface area contributed by atoms with E-state index in [0.29, 0.717) is 11.6 Å². The van der Waals surface area contributed by atoms with Crippen LogP contribution in [0.3, 0.4) is 0 Å². The van der Waals surface area contributed by atoms with Gasteiger partial charge in [-0.2, -0.15) is 0 Å². The van der Waals surface area contributed by atoms with Crippen molar-refractivity contribution in [2.45, 2.75) is 20.8 Å². The number of aromatic nitrogens is 2. The van der Waals surface area contributed by atoms with Crippen molar-refractivity contribution in [3.63, 3.8) is 0 Å². The highest BCUT2D eigenvalue weighted by atomic mass is 15.0. The van der Waals surface area contributed by atoms with Crippen LogP contribution in [0.1, 0.15) is 19.5 Å². The van der Waals surface area contributed by atoms with Gasteiger partial charge in [-0.05, 0) is 6.92 Å². The number of nitrogens with two attached hydrogens (primary N) is 1. The Hall–Kier alpha value is -1.32. The number of hydrogen-bond donors (Lipinski definition) is 2. The molecule has 4 nitrogen and oxygen atoms in total. The fourth-order valence-corrected chi connectivity index (χ4v) is 0.689. The highest BCUT2D eigenvalue weighted by Gasteiger charge is 1.97. The molecule has 0 amide bonds. The number of nitrogen functional groups attached to an aromatic ring is 1. The lowest BCUT2D eigenvalue weighted by Gasteiger charge is -2.01. The summed E-state index contributed by atoms with van der Waals surface area (Å²) in [5, 5.41) is 2.82. The van der Waals surface area contributed by atoms with Gasteiger partial charge in [-0.25, -0.2) is 9.97 Å². The monoisotopic (exact) mass is 168 g/mol. The van der Waals surface area contributed by atoms with E-state index in [1.54, 1.807) is 13.2 Å². The Balaban J connectivity index is 0.000000561. The maximum Gasteiger partial charge on any atom is 0.168 e. The lowest BCUT2D eigenvalue weighted by atomic mass is 10.5. The molecule has 68 valence electrons. The van der Waals surface area contributed by atoms with E-state index in [1.165, 1.54) is 0 Å². The second kappa shape index (κ2) is 5.35. The van der Waals surface area contributed by atoms with E-state index >= 15 is 0 Å². The van der Waals surface area contributed by atoms with Gasteiger partial charge in [0.2, 0.25) is 0 Å². The Morgan fingerprint density at radius 2 is 2.00 bits per heavy atom. The summed E-state index contributed by atoms with van der Waals surface area (Å²) in [6.45, 7) is 5.85. The summed E-state index contributed by atoms with van der Waals surface area (Å²) in [6.07, 6.45) is 1.67. The quantitative estimate of drug-likeness (QED) is 0.666. The van der Waals surface area contributed by atoms with Gasteiger partial charge < -0.3 is 11.1 Å². The van der Waals surface area contributed by atoms with Crippen LogP contribution < -0.4 is 11.1 Å². The Morgan fingerprint density at radius 1 is 1.42 bits per heavy atom. The van der Waals surface area contributed by atoms with Crippen molar-refractivity contribution in [2.24, 2.45) is 0 Å². The van der Waals surface area contributed by atoms with Crippen LogP contribution in [-0.4, -0.2) is 17.0 Å². The van der Waals surface area contributed by atoms with Crippen molar-refractivity contribution in [1.82, 2.24) is 9.97 Å². The van der Waals surface area contributed by atoms with Gasteiger partial charge >= 0.3 is 0 Å². The molecule has 0 saturated heterocycles. The molecule has 12 heavy (non-hydrogen) atoms. The zero-order valence-electron chi connectivity index (χ0n) is 8.05.